The second-order valence-corrected chi connectivity index (χ2v) is 18.5. The monoisotopic (exact) mass is 923 g/mol. The molecule has 0 spiro atoms. The molecule has 0 aromatic heterocycles. The number of carbonyl (C=O) groups is 1. The van der Waals surface area contributed by atoms with Gasteiger partial charge in [-0.1, -0.05) is 186 Å². The summed E-state index contributed by atoms with van der Waals surface area (Å²) < 4.78 is 35.0. The van der Waals surface area contributed by atoms with E-state index in [0.717, 1.165) is 96.3 Å². The minimum absolute atomic E-state index is 0.0648. The van der Waals surface area contributed by atoms with Crippen LogP contribution in [0.5, 0.6) is 0 Å². The molecule has 0 saturated carbocycles. The molecule has 0 aromatic carbocycles. The fourth-order valence-corrected chi connectivity index (χ4v) is 6.70. The summed E-state index contributed by atoms with van der Waals surface area (Å²) in [5.74, 6) is -0.404. The molecule has 0 rings (SSSR count). The number of phosphoric ester groups is 1. The molecule has 368 valence electrons. The van der Waals surface area contributed by atoms with Crippen molar-refractivity contribution in [1.82, 2.24) is 0 Å². The van der Waals surface area contributed by atoms with E-state index in [9.17, 15) is 14.3 Å². The van der Waals surface area contributed by atoms with E-state index in [2.05, 4.69) is 135 Å². The highest BCUT2D eigenvalue weighted by Gasteiger charge is 2.26. The molecule has 0 radical (unpaired) electrons. The number of nitrogens with zero attached hydrogens (tertiary/aromatic N) is 1. The smallest absolute Gasteiger partial charge is 0.457 e. The third-order valence-electron chi connectivity index (χ3n) is 9.72. The standard InChI is InChI=1S/C56H92NO7P/c1-6-8-10-12-14-16-18-20-22-24-26-27-28-29-30-32-34-36-38-40-42-44-46-48-51-61-53-55(54-63-65(59,60)62-52-50-57(3,4)5)64-56(58)49-47-45-43-41-39-37-35-33-31-25-23-21-19-17-15-13-11-9-7-2/h8-11,14-17,20-23,26-27,29-31,33,37,39,43,45,55H,6-7,12-13,18-19,24-25,28,32,34-36,38,40-42,44,46-54H2,1-5H3/p+1/b10-8-,11-9-,16-14-,17-15-,22-20-,23-21-,27-26-,30-29-,33-31-,39-37-,45-43-. The highest BCUT2D eigenvalue weighted by atomic mass is 31.2. The van der Waals surface area contributed by atoms with Crippen molar-refractivity contribution in [3.8, 4) is 0 Å². The topological polar surface area (TPSA) is 91.3 Å². The summed E-state index contributed by atoms with van der Waals surface area (Å²) >= 11 is 0. The van der Waals surface area contributed by atoms with E-state index in [-0.39, 0.29) is 26.2 Å². The third kappa shape index (κ3) is 51.5. The van der Waals surface area contributed by atoms with Crippen LogP contribution in [0.25, 0.3) is 0 Å². The lowest BCUT2D eigenvalue weighted by Crippen LogP contribution is -2.37. The van der Waals surface area contributed by atoms with E-state index in [1.165, 1.54) is 32.1 Å². The Morgan fingerprint density at radius 1 is 0.477 bits per heavy atom. The van der Waals surface area contributed by atoms with Crippen molar-refractivity contribution in [1.29, 1.82) is 0 Å². The Morgan fingerprint density at radius 3 is 1.26 bits per heavy atom. The Bertz CT molecular complexity index is 1490. The molecule has 0 amide bonds. The van der Waals surface area contributed by atoms with Gasteiger partial charge in [-0.05, 0) is 96.3 Å². The maximum absolute atomic E-state index is 12.7. The summed E-state index contributed by atoms with van der Waals surface area (Å²) in [5.41, 5.74) is 0. The Kier molecular flexibility index (Phi) is 44.7. The molecular formula is C56H93NO7P+. The van der Waals surface area contributed by atoms with Crippen LogP contribution < -0.4 is 0 Å². The third-order valence-corrected chi connectivity index (χ3v) is 10.7. The average Bonchev–Trinajstić information content (AvgIpc) is 3.27. The maximum atomic E-state index is 12.7. The normalized spacial score (nSPS) is 14.7. The van der Waals surface area contributed by atoms with Gasteiger partial charge in [-0.2, -0.15) is 0 Å². The number of quaternary nitrogens is 1. The van der Waals surface area contributed by atoms with Crippen molar-refractivity contribution in [3.63, 3.8) is 0 Å². The average molecular weight is 923 g/mol. The summed E-state index contributed by atoms with van der Waals surface area (Å²) in [7, 11) is 1.59. The van der Waals surface area contributed by atoms with Crippen LogP contribution in [0.15, 0.2) is 134 Å². The van der Waals surface area contributed by atoms with Gasteiger partial charge < -0.3 is 18.9 Å². The first kappa shape index (κ1) is 61.6. The number of carbonyl (C=O) groups excluding carboxylic acids is 1. The minimum Gasteiger partial charge on any atom is -0.457 e. The van der Waals surface area contributed by atoms with Crippen LogP contribution in [0, 0.1) is 0 Å². The van der Waals surface area contributed by atoms with Crippen molar-refractivity contribution in [3.05, 3.63) is 134 Å². The molecule has 0 fully saturated rings. The number of phosphoric acid groups is 1. The second-order valence-electron chi connectivity index (χ2n) is 17.1. The van der Waals surface area contributed by atoms with Crippen molar-refractivity contribution in [2.24, 2.45) is 0 Å². The van der Waals surface area contributed by atoms with E-state index in [1.807, 2.05) is 33.3 Å². The van der Waals surface area contributed by atoms with Crippen LogP contribution in [0.3, 0.4) is 0 Å². The molecule has 8 nitrogen and oxygen atoms in total. The predicted octanol–water partition coefficient (Wildman–Crippen LogP) is 15.5. The fourth-order valence-electron chi connectivity index (χ4n) is 5.96. The zero-order valence-electron chi connectivity index (χ0n) is 41.7. The number of ether oxygens (including phenoxy) is 2. The second kappa shape index (κ2) is 47.1. The van der Waals surface area contributed by atoms with Gasteiger partial charge in [-0.3, -0.25) is 13.8 Å². The number of likely N-dealkylation sites (N-methyl/N-ethyl adjacent to an activating group) is 1. The Hall–Kier alpha value is -3.36. The van der Waals surface area contributed by atoms with Crippen LogP contribution in [0.4, 0.5) is 0 Å². The summed E-state index contributed by atoms with van der Waals surface area (Å²) in [6, 6.07) is 0. The summed E-state index contributed by atoms with van der Waals surface area (Å²) in [6.45, 7) is 5.23. The lowest BCUT2D eigenvalue weighted by molar-refractivity contribution is -0.870. The van der Waals surface area contributed by atoms with Gasteiger partial charge in [0, 0.05) is 13.0 Å². The van der Waals surface area contributed by atoms with Gasteiger partial charge in [0.05, 0.1) is 34.4 Å². The van der Waals surface area contributed by atoms with Gasteiger partial charge in [0.25, 0.3) is 0 Å². The Labute approximate surface area is 398 Å². The molecule has 0 aliphatic rings. The number of rotatable bonds is 44. The van der Waals surface area contributed by atoms with Crippen LogP contribution in [0.2, 0.25) is 0 Å². The van der Waals surface area contributed by atoms with Crippen LogP contribution in [-0.4, -0.2) is 75.6 Å². The van der Waals surface area contributed by atoms with Gasteiger partial charge in [0.15, 0.2) is 0 Å². The van der Waals surface area contributed by atoms with Crippen molar-refractivity contribution in [2.75, 3.05) is 54.1 Å². The number of esters is 1. The quantitative estimate of drug-likeness (QED) is 0.0214. The molecule has 65 heavy (non-hydrogen) atoms. The number of hydrogen-bond donors (Lipinski definition) is 1. The SMILES string of the molecule is CC/C=C\C/C=C\C/C=C\C/C=C\C/C=C\C/C=C\CCC(=O)OC(COCCCCCCCCCC/C=C\C/C=C\C/C=C\C/C=C\C/C=C\CC)COP(=O)(O)OCC[N+](C)(C)C. The number of hydrogen-bond acceptors (Lipinski definition) is 6. The molecule has 0 saturated heterocycles. The van der Waals surface area contributed by atoms with Gasteiger partial charge >= 0.3 is 13.8 Å². The van der Waals surface area contributed by atoms with Crippen LogP contribution in [-0.2, 0) is 27.9 Å². The minimum atomic E-state index is -4.31. The van der Waals surface area contributed by atoms with Gasteiger partial charge in [-0.15, -0.1) is 0 Å². The van der Waals surface area contributed by atoms with E-state index >= 15 is 0 Å². The van der Waals surface area contributed by atoms with E-state index in [4.69, 9.17) is 18.5 Å². The summed E-state index contributed by atoms with van der Waals surface area (Å²) in [6.07, 6.45) is 69.4. The highest BCUT2D eigenvalue weighted by Crippen LogP contribution is 2.43. The molecule has 1 N–H and O–H groups in total. The summed E-state index contributed by atoms with van der Waals surface area (Å²) in [5, 5.41) is 0. The molecular weight excluding hydrogens is 830 g/mol. The molecule has 0 aliphatic carbocycles. The fraction of sp³-hybridized carbons (Fsp3) is 0.589. The molecule has 0 aliphatic heterocycles. The Morgan fingerprint density at radius 2 is 0.846 bits per heavy atom. The van der Waals surface area contributed by atoms with Gasteiger partial charge in [0.1, 0.15) is 19.3 Å². The van der Waals surface area contributed by atoms with Crippen molar-refractivity contribution >= 4 is 13.8 Å². The first-order valence-corrected chi connectivity index (χ1v) is 26.4. The largest absolute Gasteiger partial charge is 0.472 e. The van der Waals surface area contributed by atoms with Crippen molar-refractivity contribution in [2.45, 2.75) is 161 Å². The number of allylic oxidation sites excluding steroid dienone is 22. The van der Waals surface area contributed by atoms with Gasteiger partial charge in [0.2, 0.25) is 0 Å². The molecule has 2 atom stereocenters. The lowest BCUT2D eigenvalue weighted by atomic mass is 10.1. The molecule has 0 bridgehead atoms. The van der Waals surface area contributed by atoms with Gasteiger partial charge in [-0.25, -0.2) is 4.57 Å². The highest BCUT2D eigenvalue weighted by molar-refractivity contribution is 7.47. The predicted molar refractivity (Wildman–Crippen MR) is 279 cm³/mol. The Balaban J connectivity index is 4.32. The lowest BCUT2D eigenvalue weighted by Gasteiger charge is -2.24. The number of unbranched alkanes of at least 4 members (excludes halogenated alkanes) is 8. The first-order chi connectivity index (χ1) is 31.6. The zero-order chi connectivity index (χ0) is 47.6. The summed E-state index contributed by atoms with van der Waals surface area (Å²) in [4.78, 5) is 22.9. The molecule has 0 aromatic rings. The zero-order valence-corrected chi connectivity index (χ0v) is 42.6. The first-order valence-electron chi connectivity index (χ1n) is 24.9. The van der Waals surface area contributed by atoms with E-state index in [1.54, 1.807) is 0 Å². The molecule has 2 unspecified atom stereocenters. The maximum Gasteiger partial charge on any atom is 0.472 e. The van der Waals surface area contributed by atoms with Crippen LogP contribution >= 0.6 is 7.82 Å². The molecule has 9 heteroatoms. The van der Waals surface area contributed by atoms with Crippen molar-refractivity contribution < 1.29 is 37.3 Å². The van der Waals surface area contributed by atoms with E-state index < -0.39 is 19.9 Å². The van der Waals surface area contributed by atoms with Crippen LogP contribution in [0.1, 0.15) is 155 Å². The molecule has 0 heterocycles. The van der Waals surface area contributed by atoms with E-state index in [0.29, 0.717) is 24.1 Å².